The molecule has 4 nitrogen and oxygen atoms in total. The van der Waals surface area contributed by atoms with Gasteiger partial charge in [0.2, 0.25) is 0 Å². The first-order valence-electron chi connectivity index (χ1n) is 4.86. The highest BCUT2D eigenvalue weighted by Crippen LogP contribution is 2.24. The van der Waals surface area contributed by atoms with Crippen molar-refractivity contribution in [2.45, 2.75) is 6.42 Å². The predicted molar refractivity (Wildman–Crippen MR) is 59.9 cm³/mol. The van der Waals surface area contributed by atoms with Gasteiger partial charge in [0.15, 0.2) is 0 Å². The molecule has 0 saturated carbocycles. The van der Waals surface area contributed by atoms with E-state index in [1.165, 1.54) is 12.3 Å². The van der Waals surface area contributed by atoms with Crippen LogP contribution in [-0.4, -0.2) is 29.1 Å². The van der Waals surface area contributed by atoms with Crippen LogP contribution in [0.3, 0.4) is 0 Å². The zero-order chi connectivity index (χ0) is 11.7. The number of rotatable bonds is 2. The monoisotopic (exact) mass is 288 g/mol. The lowest BCUT2D eigenvalue weighted by Gasteiger charge is -2.16. The number of carboxylic acids is 1. The Morgan fingerprint density at radius 1 is 1.69 bits per heavy atom. The predicted octanol–water partition coefficient (Wildman–Crippen LogP) is 1.89. The molecule has 0 aromatic carbocycles. The maximum atomic E-state index is 13.3. The molecule has 0 bridgehead atoms. The van der Waals surface area contributed by atoms with E-state index in [0.29, 0.717) is 29.8 Å². The molecule has 1 aromatic rings. The number of nitrogens with zero attached hydrogens (tertiary/aromatic N) is 2. The molecule has 1 aliphatic rings. The zero-order valence-electron chi connectivity index (χ0n) is 8.36. The van der Waals surface area contributed by atoms with Gasteiger partial charge >= 0.3 is 5.97 Å². The van der Waals surface area contributed by atoms with Crippen molar-refractivity contribution < 1.29 is 14.3 Å². The molecule has 1 unspecified atom stereocenters. The van der Waals surface area contributed by atoms with Crippen molar-refractivity contribution in [1.82, 2.24) is 4.98 Å². The molecule has 2 rings (SSSR count). The van der Waals surface area contributed by atoms with Crippen molar-refractivity contribution in [2.24, 2.45) is 5.92 Å². The minimum absolute atomic E-state index is 0.310. The van der Waals surface area contributed by atoms with Crippen LogP contribution >= 0.6 is 15.9 Å². The Morgan fingerprint density at radius 2 is 2.44 bits per heavy atom. The molecule has 1 fully saturated rings. The Kier molecular flexibility index (Phi) is 3.09. The molecule has 1 saturated heterocycles. The molecule has 0 radical (unpaired) electrons. The number of hydrogen-bond donors (Lipinski definition) is 1. The number of aliphatic carboxylic acids is 1. The van der Waals surface area contributed by atoms with Crippen molar-refractivity contribution >= 4 is 27.7 Å². The molecule has 1 aromatic heterocycles. The first kappa shape index (κ1) is 11.3. The average molecular weight is 289 g/mol. The van der Waals surface area contributed by atoms with Gasteiger partial charge in [0.1, 0.15) is 11.6 Å². The normalized spacial score (nSPS) is 20.1. The van der Waals surface area contributed by atoms with E-state index in [0.717, 1.165) is 0 Å². The summed E-state index contributed by atoms with van der Waals surface area (Å²) in [5, 5.41) is 8.85. The number of pyridine rings is 1. The van der Waals surface area contributed by atoms with Crippen LogP contribution < -0.4 is 4.90 Å². The van der Waals surface area contributed by atoms with Crippen LogP contribution in [0, 0.1) is 11.7 Å². The molecule has 6 heteroatoms. The second-order valence-electron chi connectivity index (χ2n) is 3.73. The fourth-order valence-electron chi connectivity index (χ4n) is 1.75. The molecule has 1 aliphatic heterocycles. The lowest BCUT2D eigenvalue weighted by Crippen LogP contribution is -2.23. The second kappa shape index (κ2) is 4.37. The quantitative estimate of drug-likeness (QED) is 0.903. The highest BCUT2D eigenvalue weighted by Gasteiger charge is 2.28. The number of halogens is 2. The minimum Gasteiger partial charge on any atom is -0.481 e. The van der Waals surface area contributed by atoms with Crippen LogP contribution in [0.25, 0.3) is 0 Å². The van der Waals surface area contributed by atoms with E-state index in [2.05, 4.69) is 20.9 Å². The Morgan fingerprint density at radius 3 is 3.00 bits per heavy atom. The number of anilines is 1. The van der Waals surface area contributed by atoms with Crippen LogP contribution in [-0.2, 0) is 4.79 Å². The third-order valence-corrected chi connectivity index (χ3v) is 3.24. The molecule has 1 N–H and O–H groups in total. The van der Waals surface area contributed by atoms with Gasteiger partial charge in [0.25, 0.3) is 0 Å². The van der Waals surface area contributed by atoms with Crippen LogP contribution in [0.15, 0.2) is 16.7 Å². The number of hydrogen-bond acceptors (Lipinski definition) is 3. The lowest BCUT2D eigenvalue weighted by atomic mass is 10.1. The van der Waals surface area contributed by atoms with Crippen molar-refractivity contribution in [2.75, 3.05) is 18.0 Å². The van der Waals surface area contributed by atoms with Gasteiger partial charge in [-0.2, -0.15) is 0 Å². The van der Waals surface area contributed by atoms with Gasteiger partial charge in [-0.15, -0.1) is 0 Å². The minimum atomic E-state index is -0.805. The van der Waals surface area contributed by atoms with Crippen LogP contribution in [0.4, 0.5) is 10.2 Å². The van der Waals surface area contributed by atoms with Gasteiger partial charge in [-0.1, -0.05) is 0 Å². The van der Waals surface area contributed by atoms with E-state index in [1.54, 1.807) is 4.90 Å². The summed E-state index contributed by atoms with van der Waals surface area (Å²) < 4.78 is 13.6. The Bertz CT molecular complexity index is 427. The second-order valence-corrected chi connectivity index (χ2v) is 4.58. The van der Waals surface area contributed by atoms with Gasteiger partial charge in [-0.05, 0) is 22.4 Å². The number of carboxylic acid groups (broad SMARTS) is 1. The summed E-state index contributed by atoms with van der Waals surface area (Å²) in [4.78, 5) is 16.6. The zero-order valence-corrected chi connectivity index (χ0v) is 9.95. The summed E-state index contributed by atoms with van der Waals surface area (Å²) in [6, 6.07) is 1.31. The van der Waals surface area contributed by atoms with Crippen molar-refractivity contribution in [1.29, 1.82) is 0 Å². The summed E-state index contributed by atoms with van der Waals surface area (Å²) in [5.74, 6) is -1.08. The summed E-state index contributed by atoms with van der Waals surface area (Å²) >= 11 is 3.02. The van der Waals surface area contributed by atoms with Crippen LogP contribution in [0.5, 0.6) is 0 Å². The largest absolute Gasteiger partial charge is 0.481 e. The average Bonchev–Trinajstić information content (AvgIpc) is 2.71. The Balaban J connectivity index is 2.14. The van der Waals surface area contributed by atoms with Gasteiger partial charge < -0.3 is 10.0 Å². The van der Waals surface area contributed by atoms with Crippen molar-refractivity contribution in [3.05, 3.63) is 22.6 Å². The third-order valence-electron chi connectivity index (χ3n) is 2.66. The van der Waals surface area contributed by atoms with Crippen molar-refractivity contribution in [3.8, 4) is 0 Å². The third kappa shape index (κ3) is 2.16. The molecular weight excluding hydrogens is 279 g/mol. The fraction of sp³-hybridized carbons (Fsp3) is 0.400. The van der Waals surface area contributed by atoms with E-state index in [4.69, 9.17) is 5.11 Å². The van der Waals surface area contributed by atoms with Gasteiger partial charge in [-0.25, -0.2) is 9.37 Å². The summed E-state index contributed by atoms with van der Waals surface area (Å²) in [5.41, 5.74) is 0. The van der Waals surface area contributed by atoms with E-state index in [1.807, 2.05) is 0 Å². The van der Waals surface area contributed by atoms with E-state index in [-0.39, 0.29) is 11.7 Å². The molecular formula is C10H10BrFN2O2. The van der Waals surface area contributed by atoms with Gasteiger partial charge in [0, 0.05) is 25.4 Å². The summed E-state index contributed by atoms with van der Waals surface area (Å²) in [6.45, 7) is 0.994. The Hall–Kier alpha value is -1.17. The molecule has 86 valence electrons. The summed E-state index contributed by atoms with van der Waals surface area (Å²) in [6.07, 6.45) is 1.97. The van der Waals surface area contributed by atoms with Crippen molar-refractivity contribution in [3.63, 3.8) is 0 Å². The van der Waals surface area contributed by atoms with E-state index in [9.17, 15) is 9.18 Å². The first-order valence-corrected chi connectivity index (χ1v) is 5.66. The Labute approximate surface area is 100 Å². The SMILES string of the molecule is O=C(O)C1CCN(c2cc(F)c(Br)cn2)C1. The molecule has 0 spiro atoms. The number of aromatic nitrogens is 1. The van der Waals surface area contributed by atoms with E-state index < -0.39 is 5.97 Å². The van der Waals surface area contributed by atoms with Crippen LogP contribution in [0.1, 0.15) is 6.42 Å². The highest BCUT2D eigenvalue weighted by molar-refractivity contribution is 9.10. The maximum absolute atomic E-state index is 13.3. The molecule has 0 amide bonds. The highest BCUT2D eigenvalue weighted by atomic mass is 79.9. The molecule has 0 aliphatic carbocycles. The number of carbonyl (C=O) groups is 1. The fourth-order valence-corrected chi connectivity index (χ4v) is 1.96. The molecule has 16 heavy (non-hydrogen) atoms. The lowest BCUT2D eigenvalue weighted by molar-refractivity contribution is -0.140. The smallest absolute Gasteiger partial charge is 0.308 e. The summed E-state index contributed by atoms with van der Waals surface area (Å²) in [7, 11) is 0. The van der Waals surface area contributed by atoms with E-state index >= 15 is 0 Å². The van der Waals surface area contributed by atoms with Gasteiger partial charge in [0.05, 0.1) is 10.4 Å². The first-order chi connectivity index (χ1) is 7.58. The topological polar surface area (TPSA) is 53.4 Å². The van der Waals surface area contributed by atoms with Gasteiger partial charge in [-0.3, -0.25) is 4.79 Å². The van der Waals surface area contributed by atoms with Crippen LogP contribution in [0.2, 0.25) is 0 Å². The molecule has 2 heterocycles. The maximum Gasteiger partial charge on any atom is 0.308 e. The molecule has 1 atom stereocenters. The standard InChI is InChI=1S/C10H10BrFN2O2/c11-7-4-13-9(3-8(7)12)14-2-1-6(5-14)10(15)16/h3-4,6H,1-2,5H2,(H,15,16).